The van der Waals surface area contributed by atoms with Gasteiger partial charge in [0.2, 0.25) is 0 Å². The minimum Gasteiger partial charge on any atom is -0.357 e. The van der Waals surface area contributed by atoms with Crippen LogP contribution in [-0.4, -0.2) is 17.4 Å². The summed E-state index contributed by atoms with van der Waals surface area (Å²) in [5, 5.41) is 7.28. The zero-order valence-electron chi connectivity index (χ0n) is 17.3. The van der Waals surface area contributed by atoms with Gasteiger partial charge in [0.1, 0.15) is 5.82 Å². The first-order valence-corrected chi connectivity index (χ1v) is 10.4. The number of hydrogen-bond acceptors (Lipinski definition) is 2. The number of carbonyl (C=O) groups excluding carboxylic acids is 1. The van der Waals surface area contributed by atoms with Gasteiger partial charge < -0.3 is 15.6 Å². The lowest BCUT2D eigenvalue weighted by Crippen LogP contribution is -2.30. The first-order chi connectivity index (χ1) is 15.8. The molecule has 0 fully saturated rings. The number of aromatic nitrogens is 1. The van der Waals surface area contributed by atoms with Crippen molar-refractivity contribution in [2.45, 2.75) is 18.6 Å². The van der Waals surface area contributed by atoms with E-state index in [0.29, 0.717) is 17.8 Å². The summed E-state index contributed by atoms with van der Waals surface area (Å²) in [4.78, 5) is 15.9. The highest BCUT2D eigenvalue weighted by molar-refractivity contribution is 6.04. The van der Waals surface area contributed by atoms with Crippen LogP contribution in [0.5, 0.6) is 0 Å². The number of benzene rings is 3. The van der Waals surface area contributed by atoms with Crippen LogP contribution < -0.4 is 10.6 Å². The molecule has 1 amide bonds. The maximum Gasteiger partial charge on any atom is 0.419 e. The van der Waals surface area contributed by atoms with Crippen molar-refractivity contribution >= 4 is 22.5 Å². The third-order valence-electron chi connectivity index (χ3n) is 5.89. The molecule has 4 aromatic rings. The van der Waals surface area contributed by atoms with E-state index in [-0.39, 0.29) is 11.6 Å². The van der Waals surface area contributed by atoms with E-state index in [1.807, 2.05) is 30.3 Å². The van der Waals surface area contributed by atoms with Crippen molar-refractivity contribution in [1.29, 1.82) is 0 Å². The molecule has 1 atom stereocenters. The molecule has 1 aliphatic rings. The smallest absolute Gasteiger partial charge is 0.357 e. The maximum absolute atomic E-state index is 13.5. The van der Waals surface area contributed by atoms with Gasteiger partial charge in [-0.2, -0.15) is 13.2 Å². The Labute approximate surface area is 186 Å². The monoisotopic (exact) mass is 453 g/mol. The number of alkyl halides is 3. The molecule has 0 aliphatic carbocycles. The summed E-state index contributed by atoms with van der Waals surface area (Å²) in [7, 11) is 0. The number of carbonyl (C=O) groups is 1. The number of nitrogens with one attached hydrogen (secondary N) is 3. The van der Waals surface area contributed by atoms with Gasteiger partial charge in [-0.1, -0.05) is 30.3 Å². The molecule has 0 saturated heterocycles. The lowest BCUT2D eigenvalue weighted by molar-refractivity contribution is -0.140. The zero-order chi connectivity index (χ0) is 23.2. The molecule has 0 saturated carbocycles. The first kappa shape index (κ1) is 21.2. The van der Waals surface area contributed by atoms with E-state index in [0.717, 1.165) is 35.8 Å². The Morgan fingerprint density at radius 1 is 1.00 bits per heavy atom. The number of amides is 1. The van der Waals surface area contributed by atoms with E-state index >= 15 is 0 Å². The van der Waals surface area contributed by atoms with Crippen LogP contribution in [0.1, 0.15) is 38.8 Å². The predicted octanol–water partition coefficient (Wildman–Crippen LogP) is 5.81. The highest BCUT2D eigenvalue weighted by atomic mass is 19.4. The minimum atomic E-state index is -4.88. The number of halogens is 4. The van der Waals surface area contributed by atoms with Crippen molar-refractivity contribution in [2.24, 2.45) is 0 Å². The molecule has 2 heterocycles. The van der Waals surface area contributed by atoms with Crippen molar-refractivity contribution in [3.05, 3.63) is 100 Å². The van der Waals surface area contributed by atoms with Crippen LogP contribution in [0.4, 0.5) is 23.2 Å². The van der Waals surface area contributed by atoms with Gasteiger partial charge in [-0.15, -0.1) is 0 Å². The quantitative estimate of drug-likeness (QED) is 0.343. The molecule has 3 N–H and O–H groups in total. The fraction of sp³-hybridized carbons (Fsp3) is 0.160. The molecule has 8 heteroatoms. The summed E-state index contributed by atoms with van der Waals surface area (Å²) in [6.45, 7) is 0.824. The van der Waals surface area contributed by atoms with Crippen molar-refractivity contribution in [3.63, 3.8) is 0 Å². The predicted molar refractivity (Wildman–Crippen MR) is 118 cm³/mol. The Bertz CT molecular complexity index is 1340. The SMILES string of the molecule is O=C(Nc1ccc(C2NCCc3c2[nH]c2ccccc32)cc1)c1ccc(F)c(C(F)(F)F)c1. The number of hydrogen-bond donors (Lipinski definition) is 3. The molecular formula is C25H19F4N3O. The molecule has 168 valence electrons. The lowest BCUT2D eigenvalue weighted by Gasteiger charge is -2.25. The number of fused-ring (bicyclic) bond motifs is 3. The van der Waals surface area contributed by atoms with Gasteiger partial charge in [0.05, 0.1) is 11.6 Å². The summed E-state index contributed by atoms with van der Waals surface area (Å²) in [5.41, 5.74) is 3.13. The van der Waals surface area contributed by atoms with E-state index in [2.05, 4.69) is 21.7 Å². The van der Waals surface area contributed by atoms with Gasteiger partial charge in [0.15, 0.2) is 0 Å². The van der Waals surface area contributed by atoms with Gasteiger partial charge in [-0.3, -0.25) is 4.79 Å². The van der Waals surface area contributed by atoms with Gasteiger partial charge >= 0.3 is 6.18 Å². The van der Waals surface area contributed by atoms with E-state index in [4.69, 9.17) is 0 Å². The number of H-pyrrole nitrogens is 1. The molecule has 1 aromatic heterocycles. The van der Waals surface area contributed by atoms with Gasteiger partial charge in [-0.25, -0.2) is 4.39 Å². The fourth-order valence-corrected chi connectivity index (χ4v) is 4.31. The van der Waals surface area contributed by atoms with E-state index in [1.165, 1.54) is 10.9 Å². The van der Waals surface area contributed by atoms with Crippen molar-refractivity contribution in [1.82, 2.24) is 10.3 Å². The van der Waals surface area contributed by atoms with Crippen LogP contribution in [0.15, 0.2) is 66.7 Å². The highest BCUT2D eigenvalue weighted by Crippen LogP contribution is 2.34. The summed E-state index contributed by atoms with van der Waals surface area (Å²) in [6, 6.07) is 17.4. The normalized spacial score (nSPS) is 15.9. The molecule has 4 nitrogen and oxygen atoms in total. The highest BCUT2D eigenvalue weighted by Gasteiger charge is 2.34. The van der Waals surface area contributed by atoms with Crippen LogP contribution in [-0.2, 0) is 12.6 Å². The van der Waals surface area contributed by atoms with Gasteiger partial charge in [0.25, 0.3) is 5.91 Å². The van der Waals surface area contributed by atoms with Crippen molar-refractivity contribution in [3.8, 4) is 0 Å². The molecule has 0 radical (unpaired) electrons. The zero-order valence-corrected chi connectivity index (χ0v) is 17.3. The minimum absolute atomic E-state index is 0.0441. The van der Waals surface area contributed by atoms with Gasteiger partial charge in [0, 0.05) is 34.4 Å². The summed E-state index contributed by atoms with van der Waals surface area (Å²) in [5.74, 6) is -2.17. The molecule has 1 aliphatic heterocycles. The standard InChI is InChI=1S/C25H19F4N3O/c26-20-10-7-15(13-19(20)25(27,28)29)24(33)31-16-8-5-14(6-9-16)22-23-18(11-12-30-22)17-3-1-2-4-21(17)32-23/h1-10,13,22,30,32H,11-12H2,(H,31,33). The number of aromatic amines is 1. The Morgan fingerprint density at radius 2 is 1.76 bits per heavy atom. The number of rotatable bonds is 3. The van der Waals surface area contributed by atoms with Crippen LogP contribution >= 0.6 is 0 Å². The molecule has 0 spiro atoms. The third kappa shape index (κ3) is 3.98. The first-order valence-electron chi connectivity index (χ1n) is 10.4. The van der Waals surface area contributed by atoms with Crippen molar-refractivity contribution < 1.29 is 22.4 Å². The Balaban J connectivity index is 1.37. The van der Waals surface area contributed by atoms with E-state index in [9.17, 15) is 22.4 Å². The second kappa shape index (κ2) is 8.04. The fourth-order valence-electron chi connectivity index (χ4n) is 4.31. The summed E-state index contributed by atoms with van der Waals surface area (Å²) < 4.78 is 52.3. The molecular weight excluding hydrogens is 434 g/mol. The van der Waals surface area contributed by atoms with Crippen LogP contribution in [0, 0.1) is 5.82 Å². The number of para-hydroxylation sites is 1. The van der Waals surface area contributed by atoms with Crippen LogP contribution in [0.25, 0.3) is 10.9 Å². The molecule has 1 unspecified atom stereocenters. The second-order valence-electron chi connectivity index (χ2n) is 7.97. The summed E-state index contributed by atoms with van der Waals surface area (Å²) >= 11 is 0. The van der Waals surface area contributed by atoms with Crippen LogP contribution in [0.3, 0.4) is 0 Å². The van der Waals surface area contributed by atoms with Gasteiger partial charge in [-0.05, 0) is 53.9 Å². The third-order valence-corrected chi connectivity index (χ3v) is 5.89. The molecule has 33 heavy (non-hydrogen) atoms. The van der Waals surface area contributed by atoms with E-state index in [1.54, 1.807) is 12.1 Å². The van der Waals surface area contributed by atoms with Crippen molar-refractivity contribution in [2.75, 3.05) is 11.9 Å². The summed E-state index contributed by atoms with van der Waals surface area (Å²) in [6.07, 6.45) is -3.96. The Kier molecular flexibility index (Phi) is 5.17. The average Bonchev–Trinajstić information content (AvgIpc) is 3.18. The topological polar surface area (TPSA) is 56.9 Å². The molecule has 0 bridgehead atoms. The second-order valence-corrected chi connectivity index (χ2v) is 7.97. The largest absolute Gasteiger partial charge is 0.419 e. The molecule has 3 aromatic carbocycles. The lowest BCUT2D eigenvalue weighted by atomic mass is 9.94. The average molecular weight is 453 g/mol. The maximum atomic E-state index is 13.5. The van der Waals surface area contributed by atoms with Crippen LogP contribution in [0.2, 0.25) is 0 Å². The Morgan fingerprint density at radius 3 is 2.52 bits per heavy atom. The number of anilines is 1. The molecule has 5 rings (SSSR count). The Hall–Kier alpha value is -3.65. The van der Waals surface area contributed by atoms with E-state index < -0.39 is 23.5 Å².